The smallest absolute Gasteiger partial charge is 0.257 e. The highest BCUT2D eigenvalue weighted by molar-refractivity contribution is 6.04. The van der Waals surface area contributed by atoms with Crippen molar-refractivity contribution in [2.75, 3.05) is 41.3 Å². The van der Waals surface area contributed by atoms with Crippen molar-refractivity contribution in [1.82, 2.24) is 4.98 Å². The van der Waals surface area contributed by atoms with Gasteiger partial charge in [-0.05, 0) is 61.9 Å². The molecule has 1 aromatic carbocycles. The second-order valence-corrected chi connectivity index (χ2v) is 7.82. The van der Waals surface area contributed by atoms with Gasteiger partial charge in [-0.2, -0.15) is 0 Å². The molecule has 5 heteroatoms. The van der Waals surface area contributed by atoms with Gasteiger partial charge in [0.15, 0.2) is 0 Å². The Morgan fingerprint density at radius 1 is 1.00 bits per heavy atom. The van der Waals surface area contributed by atoms with Crippen molar-refractivity contribution in [1.29, 1.82) is 0 Å². The zero-order chi connectivity index (χ0) is 18.6. The SMILES string of the molecule is CC1CCCN(c2cncc(C(=O)Nc3ccc(N4CCCC4)cc3)c2)C1. The normalized spacial score (nSPS) is 20.0. The van der Waals surface area contributed by atoms with Gasteiger partial charge in [-0.1, -0.05) is 6.92 Å². The zero-order valence-corrected chi connectivity index (χ0v) is 16.0. The Kier molecular flexibility index (Phi) is 5.28. The molecule has 1 N–H and O–H groups in total. The quantitative estimate of drug-likeness (QED) is 0.884. The number of pyridine rings is 1. The Balaban J connectivity index is 1.42. The summed E-state index contributed by atoms with van der Waals surface area (Å²) in [6.07, 6.45) is 8.50. The van der Waals surface area contributed by atoms with Crippen LogP contribution < -0.4 is 15.1 Å². The van der Waals surface area contributed by atoms with Crippen molar-refractivity contribution in [2.24, 2.45) is 5.92 Å². The van der Waals surface area contributed by atoms with Crippen LogP contribution in [0.3, 0.4) is 0 Å². The molecule has 2 fully saturated rings. The van der Waals surface area contributed by atoms with Crippen LogP contribution in [-0.2, 0) is 0 Å². The standard InChI is InChI=1S/C22H28N4O/c1-17-5-4-12-26(16-17)21-13-18(14-23-15-21)22(27)24-19-6-8-20(9-7-19)25-10-2-3-11-25/h6-9,13-15,17H,2-5,10-12,16H2,1H3,(H,24,27). The highest BCUT2D eigenvalue weighted by Gasteiger charge is 2.18. The van der Waals surface area contributed by atoms with Crippen LogP contribution in [0.1, 0.15) is 43.0 Å². The molecule has 1 unspecified atom stereocenters. The molecule has 2 aromatic rings. The van der Waals surface area contributed by atoms with Crippen LogP contribution in [0.15, 0.2) is 42.7 Å². The Bertz CT molecular complexity index is 783. The van der Waals surface area contributed by atoms with Crippen molar-refractivity contribution in [3.05, 3.63) is 48.3 Å². The van der Waals surface area contributed by atoms with Gasteiger partial charge in [0.1, 0.15) is 0 Å². The molecule has 2 aliphatic rings. The third kappa shape index (κ3) is 4.24. The molecule has 0 aliphatic carbocycles. The first-order valence-corrected chi connectivity index (χ1v) is 10.1. The molecule has 4 rings (SSSR count). The number of rotatable bonds is 4. The first-order chi connectivity index (χ1) is 13.2. The summed E-state index contributed by atoms with van der Waals surface area (Å²) in [7, 11) is 0. The first kappa shape index (κ1) is 17.8. The maximum atomic E-state index is 12.7. The molecule has 0 bridgehead atoms. The lowest BCUT2D eigenvalue weighted by Crippen LogP contribution is -2.34. The Hall–Kier alpha value is -2.56. The number of nitrogens with zero attached hydrogens (tertiary/aromatic N) is 3. The maximum absolute atomic E-state index is 12.7. The molecular weight excluding hydrogens is 336 g/mol. The topological polar surface area (TPSA) is 48.5 Å². The second kappa shape index (κ2) is 7.99. The van der Waals surface area contributed by atoms with Crippen molar-refractivity contribution >= 4 is 23.0 Å². The Morgan fingerprint density at radius 2 is 1.74 bits per heavy atom. The van der Waals surface area contributed by atoms with E-state index in [4.69, 9.17) is 0 Å². The highest BCUT2D eigenvalue weighted by Crippen LogP contribution is 2.24. The zero-order valence-electron chi connectivity index (χ0n) is 16.0. The van der Waals surface area contributed by atoms with Gasteiger partial charge in [-0.3, -0.25) is 9.78 Å². The summed E-state index contributed by atoms with van der Waals surface area (Å²) in [4.78, 5) is 21.7. The number of nitrogens with one attached hydrogen (secondary N) is 1. The van der Waals surface area contributed by atoms with Crippen LogP contribution in [0.5, 0.6) is 0 Å². The van der Waals surface area contributed by atoms with Gasteiger partial charge in [0, 0.05) is 43.8 Å². The average Bonchev–Trinajstić information content (AvgIpc) is 3.23. The van der Waals surface area contributed by atoms with E-state index in [0.717, 1.165) is 37.6 Å². The fourth-order valence-electron chi connectivity index (χ4n) is 4.08. The fourth-order valence-corrected chi connectivity index (χ4v) is 4.08. The van der Waals surface area contributed by atoms with Crippen molar-refractivity contribution < 1.29 is 4.79 Å². The molecule has 5 nitrogen and oxygen atoms in total. The van der Waals surface area contributed by atoms with Gasteiger partial charge in [0.2, 0.25) is 0 Å². The van der Waals surface area contributed by atoms with Crippen LogP contribution in [-0.4, -0.2) is 37.1 Å². The maximum Gasteiger partial charge on any atom is 0.257 e. The van der Waals surface area contributed by atoms with Crippen molar-refractivity contribution in [3.8, 4) is 0 Å². The minimum atomic E-state index is -0.108. The number of carbonyl (C=O) groups is 1. The number of anilines is 3. The molecule has 0 spiro atoms. The first-order valence-electron chi connectivity index (χ1n) is 10.1. The molecule has 0 saturated carbocycles. The number of hydrogen-bond acceptors (Lipinski definition) is 4. The van der Waals surface area contributed by atoms with E-state index in [1.165, 1.54) is 31.4 Å². The summed E-state index contributed by atoms with van der Waals surface area (Å²) in [6, 6.07) is 10.1. The van der Waals surface area contributed by atoms with E-state index in [-0.39, 0.29) is 5.91 Å². The molecule has 3 heterocycles. The number of carbonyl (C=O) groups excluding carboxylic acids is 1. The van der Waals surface area contributed by atoms with Gasteiger partial charge in [-0.25, -0.2) is 0 Å². The summed E-state index contributed by atoms with van der Waals surface area (Å²) >= 11 is 0. The summed E-state index contributed by atoms with van der Waals surface area (Å²) in [5.41, 5.74) is 3.70. The average molecular weight is 364 g/mol. The lowest BCUT2D eigenvalue weighted by Gasteiger charge is -2.32. The van der Waals surface area contributed by atoms with Crippen LogP contribution in [0.4, 0.5) is 17.1 Å². The lowest BCUT2D eigenvalue weighted by molar-refractivity contribution is 0.102. The molecule has 142 valence electrons. The van der Waals surface area contributed by atoms with Gasteiger partial charge >= 0.3 is 0 Å². The van der Waals surface area contributed by atoms with E-state index < -0.39 is 0 Å². The third-order valence-corrected chi connectivity index (χ3v) is 5.60. The number of benzene rings is 1. The van der Waals surface area contributed by atoms with Gasteiger partial charge in [0.05, 0.1) is 17.4 Å². The number of aromatic nitrogens is 1. The Labute approximate surface area is 161 Å². The molecule has 1 amide bonds. The second-order valence-electron chi connectivity index (χ2n) is 7.82. The van der Waals surface area contributed by atoms with E-state index in [0.29, 0.717) is 11.5 Å². The summed E-state index contributed by atoms with van der Waals surface area (Å²) in [6.45, 7) is 6.60. The molecular formula is C22H28N4O. The molecule has 2 aliphatic heterocycles. The lowest BCUT2D eigenvalue weighted by atomic mass is 10.00. The van der Waals surface area contributed by atoms with Crippen LogP contribution in [0.2, 0.25) is 0 Å². The number of amides is 1. The number of hydrogen-bond donors (Lipinski definition) is 1. The van der Waals surface area contributed by atoms with E-state index >= 15 is 0 Å². The summed E-state index contributed by atoms with van der Waals surface area (Å²) in [5.74, 6) is 0.577. The van der Waals surface area contributed by atoms with Gasteiger partial charge in [0.25, 0.3) is 5.91 Å². The van der Waals surface area contributed by atoms with E-state index in [1.54, 1.807) is 6.20 Å². The molecule has 0 radical (unpaired) electrons. The van der Waals surface area contributed by atoms with E-state index in [1.807, 2.05) is 24.4 Å². The summed E-state index contributed by atoms with van der Waals surface area (Å²) < 4.78 is 0. The van der Waals surface area contributed by atoms with Crippen LogP contribution >= 0.6 is 0 Å². The predicted octanol–water partition coefficient (Wildman–Crippen LogP) is 4.17. The largest absolute Gasteiger partial charge is 0.372 e. The van der Waals surface area contributed by atoms with Crippen LogP contribution in [0.25, 0.3) is 0 Å². The van der Waals surface area contributed by atoms with Gasteiger partial charge < -0.3 is 15.1 Å². The summed E-state index contributed by atoms with van der Waals surface area (Å²) in [5, 5.41) is 3.00. The number of piperidine rings is 1. The minimum Gasteiger partial charge on any atom is -0.372 e. The molecule has 1 aromatic heterocycles. The molecule has 2 saturated heterocycles. The predicted molar refractivity (Wildman–Crippen MR) is 111 cm³/mol. The van der Waals surface area contributed by atoms with Crippen molar-refractivity contribution in [3.63, 3.8) is 0 Å². The van der Waals surface area contributed by atoms with E-state index in [9.17, 15) is 4.79 Å². The van der Waals surface area contributed by atoms with E-state index in [2.05, 4.69) is 39.2 Å². The highest BCUT2D eigenvalue weighted by atomic mass is 16.1. The van der Waals surface area contributed by atoms with Crippen LogP contribution in [0, 0.1) is 5.92 Å². The Morgan fingerprint density at radius 3 is 2.48 bits per heavy atom. The monoisotopic (exact) mass is 364 g/mol. The van der Waals surface area contributed by atoms with Gasteiger partial charge in [-0.15, -0.1) is 0 Å². The minimum absolute atomic E-state index is 0.108. The third-order valence-electron chi connectivity index (χ3n) is 5.60. The van der Waals surface area contributed by atoms with Crippen molar-refractivity contribution in [2.45, 2.75) is 32.6 Å². The molecule has 27 heavy (non-hydrogen) atoms. The molecule has 1 atom stereocenters. The fraction of sp³-hybridized carbons (Fsp3) is 0.455.